The van der Waals surface area contributed by atoms with Crippen molar-refractivity contribution in [2.24, 2.45) is 0 Å². The van der Waals surface area contributed by atoms with Crippen molar-refractivity contribution in [3.8, 4) is 5.75 Å². The van der Waals surface area contributed by atoms with Gasteiger partial charge in [0.05, 0.1) is 10.6 Å². The maximum Gasteiger partial charge on any atom is 0.336 e. The third-order valence-electron chi connectivity index (χ3n) is 3.56. The van der Waals surface area contributed by atoms with Crippen LogP contribution in [-0.2, 0) is 6.54 Å². The van der Waals surface area contributed by atoms with Crippen molar-refractivity contribution in [1.82, 2.24) is 4.90 Å². The third kappa shape index (κ3) is 2.19. The van der Waals surface area contributed by atoms with Crippen LogP contribution in [0, 0.1) is 6.92 Å². The first-order valence-electron chi connectivity index (χ1n) is 6.71. The Hall–Kier alpha value is -1.52. The number of ether oxygens (including phenoxy) is 1. The summed E-state index contributed by atoms with van der Waals surface area (Å²) in [5.74, 6) is 0.639. The minimum atomic E-state index is -0.341. The van der Waals surface area contributed by atoms with E-state index in [4.69, 9.17) is 20.8 Å². The number of benzene rings is 1. The Balaban J connectivity index is 2.23. The van der Waals surface area contributed by atoms with Crippen LogP contribution in [0.1, 0.15) is 24.5 Å². The number of aryl methyl sites for hydroxylation is 1. The van der Waals surface area contributed by atoms with E-state index >= 15 is 0 Å². The molecule has 2 heterocycles. The molecule has 0 atom stereocenters. The van der Waals surface area contributed by atoms with Crippen molar-refractivity contribution < 1.29 is 9.15 Å². The summed E-state index contributed by atoms with van der Waals surface area (Å²) in [6, 6.07) is 3.29. The fraction of sp³-hybridized carbons (Fsp3) is 0.400. The van der Waals surface area contributed by atoms with E-state index in [2.05, 4.69) is 11.8 Å². The summed E-state index contributed by atoms with van der Waals surface area (Å²) in [7, 11) is 0. The molecule has 0 unspecified atom stereocenters. The van der Waals surface area contributed by atoms with Crippen molar-refractivity contribution in [2.75, 3.05) is 13.3 Å². The van der Waals surface area contributed by atoms with Crippen LogP contribution in [-0.4, -0.2) is 18.2 Å². The van der Waals surface area contributed by atoms with E-state index in [-0.39, 0.29) is 5.63 Å². The fourth-order valence-electron chi connectivity index (χ4n) is 2.65. The molecule has 0 saturated heterocycles. The molecule has 4 nitrogen and oxygen atoms in total. The number of hydrogen-bond donors (Lipinski definition) is 0. The van der Waals surface area contributed by atoms with E-state index in [1.165, 1.54) is 6.07 Å². The zero-order valence-electron chi connectivity index (χ0n) is 11.5. The molecule has 0 fully saturated rings. The summed E-state index contributed by atoms with van der Waals surface area (Å²) in [5.41, 5.74) is 1.99. The van der Waals surface area contributed by atoms with Crippen molar-refractivity contribution in [1.29, 1.82) is 0 Å². The van der Waals surface area contributed by atoms with Crippen LogP contribution in [0.15, 0.2) is 21.3 Å². The lowest BCUT2D eigenvalue weighted by Gasteiger charge is -2.29. The Kier molecular flexibility index (Phi) is 3.44. The summed E-state index contributed by atoms with van der Waals surface area (Å²) in [4.78, 5) is 13.8. The molecule has 1 aliphatic rings. The van der Waals surface area contributed by atoms with E-state index in [9.17, 15) is 4.79 Å². The van der Waals surface area contributed by atoms with Gasteiger partial charge >= 0.3 is 5.63 Å². The smallest absolute Gasteiger partial charge is 0.336 e. The molecule has 0 saturated carbocycles. The second-order valence-corrected chi connectivity index (χ2v) is 5.52. The Bertz CT molecular complexity index is 723. The monoisotopic (exact) mass is 293 g/mol. The first-order chi connectivity index (χ1) is 9.60. The molecular formula is C15H16ClNO3. The highest BCUT2D eigenvalue weighted by molar-refractivity contribution is 6.33. The van der Waals surface area contributed by atoms with Gasteiger partial charge in [0.1, 0.15) is 18.1 Å². The molecule has 0 amide bonds. The van der Waals surface area contributed by atoms with Crippen LogP contribution >= 0.6 is 11.6 Å². The molecule has 1 aromatic heterocycles. The predicted octanol–water partition coefficient (Wildman–Crippen LogP) is 3.32. The molecule has 0 bridgehead atoms. The van der Waals surface area contributed by atoms with Crippen LogP contribution in [0.25, 0.3) is 11.0 Å². The Morgan fingerprint density at radius 1 is 1.40 bits per heavy atom. The summed E-state index contributed by atoms with van der Waals surface area (Å²) >= 11 is 6.29. The second-order valence-electron chi connectivity index (χ2n) is 5.12. The Morgan fingerprint density at radius 3 is 2.95 bits per heavy atom. The van der Waals surface area contributed by atoms with Gasteiger partial charge in [0.25, 0.3) is 0 Å². The average Bonchev–Trinajstić information content (AvgIpc) is 2.41. The zero-order chi connectivity index (χ0) is 14.3. The van der Waals surface area contributed by atoms with Crippen molar-refractivity contribution in [3.05, 3.63) is 38.7 Å². The molecule has 0 radical (unpaired) electrons. The highest BCUT2D eigenvalue weighted by atomic mass is 35.5. The third-order valence-corrected chi connectivity index (χ3v) is 3.84. The maximum absolute atomic E-state index is 11.6. The van der Waals surface area contributed by atoms with E-state index in [1.54, 1.807) is 0 Å². The van der Waals surface area contributed by atoms with Gasteiger partial charge in [0.15, 0.2) is 0 Å². The van der Waals surface area contributed by atoms with Gasteiger partial charge in [-0.2, -0.15) is 0 Å². The van der Waals surface area contributed by atoms with Gasteiger partial charge in [0, 0.05) is 24.5 Å². The summed E-state index contributed by atoms with van der Waals surface area (Å²) < 4.78 is 11.1. The molecule has 0 spiro atoms. The number of nitrogens with zero attached hydrogens (tertiary/aromatic N) is 1. The molecule has 106 valence electrons. The highest BCUT2D eigenvalue weighted by Crippen LogP contribution is 2.39. The van der Waals surface area contributed by atoms with E-state index in [0.29, 0.717) is 29.6 Å². The first-order valence-corrected chi connectivity index (χ1v) is 7.09. The van der Waals surface area contributed by atoms with Gasteiger partial charge in [-0.25, -0.2) is 4.79 Å². The lowest BCUT2D eigenvalue weighted by Crippen LogP contribution is -2.32. The number of rotatable bonds is 2. The summed E-state index contributed by atoms with van der Waals surface area (Å²) in [6.07, 6.45) is 1.04. The van der Waals surface area contributed by atoms with Crippen LogP contribution < -0.4 is 10.4 Å². The van der Waals surface area contributed by atoms with Gasteiger partial charge in [-0.05, 0) is 25.0 Å². The zero-order valence-corrected chi connectivity index (χ0v) is 12.3. The van der Waals surface area contributed by atoms with Crippen LogP contribution in [0.5, 0.6) is 5.75 Å². The first kappa shape index (κ1) is 13.5. The SMILES string of the molecule is CCCN1COc2c(Cl)cc3c(C)cc(=O)oc3c2C1. The standard InChI is InChI=1S/C15H16ClNO3/c1-3-4-17-7-11-14-10(9(2)5-13(18)20-14)6-12(16)15(11)19-8-17/h5-6H,3-4,7-8H2,1-2H3. The maximum atomic E-state index is 11.6. The fourth-order valence-corrected chi connectivity index (χ4v) is 2.92. The molecular weight excluding hydrogens is 278 g/mol. The molecule has 1 aromatic carbocycles. The largest absolute Gasteiger partial charge is 0.476 e. The highest BCUT2D eigenvalue weighted by Gasteiger charge is 2.24. The van der Waals surface area contributed by atoms with Gasteiger partial charge in [-0.1, -0.05) is 18.5 Å². The molecule has 0 N–H and O–H groups in total. The van der Waals surface area contributed by atoms with Crippen LogP contribution in [0.4, 0.5) is 0 Å². The lowest BCUT2D eigenvalue weighted by atomic mass is 10.0. The van der Waals surface area contributed by atoms with Crippen LogP contribution in [0.3, 0.4) is 0 Å². The normalized spacial score (nSPS) is 15.2. The van der Waals surface area contributed by atoms with Gasteiger partial charge in [-0.15, -0.1) is 0 Å². The minimum absolute atomic E-state index is 0.341. The minimum Gasteiger partial charge on any atom is -0.476 e. The number of fused-ring (bicyclic) bond motifs is 3. The van der Waals surface area contributed by atoms with Gasteiger partial charge < -0.3 is 9.15 Å². The average molecular weight is 294 g/mol. The van der Waals surface area contributed by atoms with Crippen molar-refractivity contribution in [2.45, 2.75) is 26.8 Å². The Labute approximate surface area is 121 Å². The summed E-state index contributed by atoms with van der Waals surface area (Å²) in [6.45, 7) is 6.14. The molecule has 1 aliphatic heterocycles. The van der Waals surface area contributed by atoms with Gasteiger partial charge in [0.2, 0.25) is 0 Å². The summed E-state index contributed by atoms with van der Waals surface area (Å²) in [5, 5.41) is 1.44. The Morgan fingerprint density at radius 2 is 2.20 bits per heavy atom. The second kappa shape index (κ2) is 5.11. The number of halogens is 1. The predicted molar refractivity (Wildman–Crippen MR) is 78.4 cm³/mol. The molecule has 5 heteroatoms. The van der Waals surface area contributed by atoms with Crippen LogP contribution in [0.2, 0.25) is 5.02 Å². The number of hydrogen-bond acceptors (Lipinski definition) is 4. The molecule has 20 heavy (non-hydrogen) atoms. The topological polar surface area (TPSA) is 42.7 Å². The quantitative estimate of drug-likeness (QED) is 0.797. The lowest BCUT2D eigenvalue weighted by molar-refractivity contribution is 0.0959. The van der Waals surface area contributed by atoms with E-state index < -0.39 is 0 Å². The van der Waals surface area contributed by atoms with E-state index in [0.717, 1.165) is 29.5 Å². The van der Waals surface area contributed by atoms with E-state index in [1.807, 2.05) is 13.0 Å². The molecule has 2 aromatic rings. The molecule has 3 rings (SSSR count). The van der Waals surface area contributed by atoms with Gasteiger partial charge in [-0.3, -0.25) is 4.90 Å². The van der Waals surface area contributed by atoms with Crippen molar-refractivity contribution >= 4 is 22.6 Å². The molecule has 0 aliphatic carbocycles. The van der Waals surface area contributed by atoms with Crippen molar-refractivity contribution in [3.63, 3.8) is 0 Å².